The van der Waals surface area contributed by atoms with Gasteiger partial charge < -0.3 is 15.0 Å². The molecule has 106 valence electrons. The van der Waals surface area contributed by atoms with Crippen molar-refractivity contribution in [1.29, 1.82) is 0 Å². The lowest BCUT2D eigenvalue weighted by Crippen LogP contribution is -2.14. The van der Waals surface area contributed by atoms with Gasteiger partial charge in [-0.15, -0.1) is 0 Å². The third-order valence-corrected chi connectivity index (χ3v) is 3.87. The summed E-state index contributed by atoms with van der Waals surface area (Å²) in [5.74, 6) is 1.93. The number of hydrogen-bond acceptors (Lipinski definition) is 3. The summed E-state index contributed by atoms with van der Waals surface area (Å²) in [6, 6.07) is 7.57. The molecule has 0 saturated carbocycles. The first-order chi connectivity index (χ1) is 9.74. The number of benzene rings is 1. The van der Waals surface area contributed by atoms with Gasteiger partial charge in [0.25, 0.3) is 0 Å². The van der Waals surface area contributed by atoms with Crippen molar-refractivity contribution in [1.82, 2.24) is 9.55 Å². The Morgan fingerprint density at radius 1 is 1.30 bits per heavy atom. The second kappa shape index (κ2) is 5.57. The van der Waals surface area contributed by atoms with E-state index in [1.807, 2.05) is 24.3 Å². The largest absolute Gasteiger partial charge is 0.492 e. The molecule has 1 aliphatic carbocycles. The monoisotopic (exact) mass is 271 g/mol. The zero-order valence-electron chi connectivity index (χ0n) is 11.9. The summed E-state index contributed by atoms with van der Waals surface area (Å²) < 4.78 is 8.08. The van der Waals surface area contributed by atoms with Crippen molar-refractivity contribution >= 4 is 5.69 Å². The highest BCUT2D eigenvalue weighted by atomic mass is 16.5. The number of imidazole rings is 1. The number of nitrogens with two attached hydrogens (primary N) is 1. The quantitative estimate of drug-likeness (QED) is 0.870. The molecule has 0 fully saturated rings. The Bertz CT molecular complexity index is 604. The second-order valence-electron chi connectivity index (χ2n) is 5.33. The zero-order valence-corrected chi connectivity index (χ0v) is 11.9. The van der Waals surface area contributed by atoms with Crippen molar-refractivity contribution in [2.45, 2.75) is 39.2 Å². The van der Waals surface area contributed by atoms with Gasteiger partial charge in [0.05, 0.1) is 12.2 Å². The van der Waals surface area contributed by atoms with E-state index in [1.165, 1.54) is 24.2 Å². The van der Waals surface area contributed by atoms with Crippen molar-refractivity contribution < 1.29 is 4.74 Å². The molecule has 20 heavy (non-hydrogen) atoms. The zero-order chi connectivity index (χ0) is 13.9. The number of rotatable bonds is 4. The molecule has 0 radical (unpaired) electrons. The number of nitrogen functional groups attached to an aromatic ring is 1. The first-order valence-electron chi connectivity index (χ1n) is 7.27. The first kappa shape index (κ1) is 13.0. The molecule has 0 atom stereocenters. The summed E-state index contributed by atoms with van der Waals surface area (Å²) >= 11 is 0. The third kappa shape index (κ3) is 2.64. The first-order valence-corrected chi connectivity index (χ1v) is 7.27. The van der Waals surface area contributed by atoms with Crippen LogP contribution in [0.5, 0.6) is 5.75 Å². The van der Waals surface area contributed by atoms with Gasteiger partial charge in [0.1, 0.15) is 18.2 Å². The summed E-state index contributed by atoms with van der Waals surface area (Å²) in [5, 5.41) is 0. The topological polar surface area (TPSA) is 53.1 Å². The SMILES string of the molecule is Cc1nc2c(n1CCOc1cccc(N)c1)CCCC2. The van der Waals surface area contributed by atoms with E-state index in [0.29, 0.717) is 6.61 Å². The molecule has 0 aliphatic heterocycles. The second-order valence-corrected chi connectivity index (χ2v) is 5.33. The smallest absolute Gasteiger partial charge is 0.121 e. The predicted octanol–water partition coefficient (Wildman–Crippen LogP) is 2.73. The van der Waals surface area contributed by atoms with Crippen LogP contribution >= 0.6 is 0 Å². The Hall–Kier alpha value is -1.97. The van der Waals surface area contributed by atoms with Gasteiger partial charge in [-0.3, -0.25) is 0 Å². The Labute approximate surface area is 119 Å². The van der Waals surface area contributed by atoms with E-state index in [4.69, 9.17) is 10.5 Å². The standard InChI is InChI=1S/C16H21N3O/c1-12-18-15-7-2-3-8-16(15)19(12)9-10-20-14-6-4-5-13(17)11-14/h4-6,11H,2-3,7-10,17H2,1H3. The highest BCUT2D eigenvalue weighted by molar-refractivity contribution is 5.43. The van der Waals surface area contributed by atoms with Crippen molar-refractivity contribution in [2.75, 3.05) is 12.3 Å². The van der Waals surface area contributed by atoms with Gasteiger partial charge in [-0.25, -0.2) is 4.98 Å². The minimum atomic E-state index is 0.646. The van der Waals surface area contributed by atoms with Crippen LogP contribution in [0.25, 0.3) is 0 Å². The molecule has 2 N–H and O–H groups in total. The maximum absolute atomic E-state index is 5.78. The van der Waals surface area contributed by atoms with Gasteiger partial charge in [0.15, 0.2) is 0 Å². The molecule has 2 aromatic rings. The molecule has 4 nitrogen and oxygen atoms in total. The van der Waals surface area contributed by atoms with E-state index in [0.717, 1.165) is 36.6 Å². The van der Waals surface area contributed by atoms with Crippen LogP contribution in [0.3, 0.4) is 0 Å². The molecule has 0 unspecified atom stereocenters. The molecule has 0 bridgehead atoms. The molecule has 0 amide bonds. The fourth-order valence-electron chi connectivity index (χ4n) is 2.89. The lowest BCUT2D eigenvalue weighted by Gasteiger charge is -2.15. The number of hydrogen-bond donors (Lipinski definition) is 1. The maximum Gasteiger partial charge on any atom is 0.121 e. The third-order valence-electron chi connectivity index (χ3n) is 3.87. The minimum Gasteiger partial charge on any atom is -0.492 e. The van der Waals surface area contributed by atoms with Crippen LogP contribution in [-0.2, 0) is 19.4 Å². The lowest BCUT2D eigenvalue weighted by atomic mass is 10.0. The average molecular weight is 271 g/mol. The highest BCUT2D eigenvalue weighted by Crippen LogP contribution is 2.22. The number of fused-ring (bicyclic) bond motifs is 1. The highest BCUT2D eigenvalue weighted by Gasteiger charge is 2.17. The van der Waals surface area contributed by atoms with E-state index in [2.05, 4.69) is 16.5 Å². The molecule has 1 aromatic carbocycles. The molecular formula is C16H21N3O. The Morgan fingerprint density at radius 3 is 3.00 bits per heavy atom. The Balaban J connectivity index is 1.65. The van der Waals surface area contributed by atoms with Crippen LogP contribution < -0.4 is 10.5 Å². The fourth-order valence-corrected chi connectivity index (χ4v) is 2.89. The van der Waals surface area contributed by atoms with E-state index < -0.39 is 0 Å². The van der Waals surface area contributed by atoms with Crippen molar-refractivity contribution in [3.63, 3.8) is 0 Å². The Morgan fingerprint density at radius 2 is 2.15 bits per heavy atom. The number of nitrogens with zero attached hydrogens (tertiary/aromatic N) is 2. The van der Waals surface area contributed by atoms with E-state index in [9.17, 15) is 0 Å². The van der Waals surface area contributed by atoms with Gasteiger partial charge in [0, 0.05) is 17.4 Å². The van der Waals surface area contributed by atoms with Crippen LogP contribution in [-0.4, -0.2) is 16.2 Å². The lowest BCUT2D eigenvalue weighted by molar-refractivity contribution is 0.295. The minimum absolute atomic E-state index is 0.646. The van der Waals surface area contributed by atoms with Crippen molar-refractivity contribution in [3.8, 4) is 5.75 Å². The van der Waals surface area contributed by atoms with Crippen LogP contribution in [0.2, 0.25) is 0 Å². The number of aryl methyl sites for hydroxylation is 2. The average Bonchev–Trinajstić information content (AvgIpc) is 2.75. The van der Waals surface area contributed by atoms with Gasteiger partial charge in [0.2, 0.25) is 0 Å². The number of aromatic nitrogens is 2. The molecule has 4 heteroatoms. The van der Waals surface area contributed by atoms with Crippen LogP contribution in [0, 0.1) is 6.92 Å². The summed E-state index contributed by atoms with van der Waals surface area (Å²) in [7, 11) is 0. The van der Waals surface area contributed by atoms with Crippen LogP contribution in [0.4, 0.5) is 5.69 Å². The molecule has 0 spiro atoms. The summed E-state index contributed by atoms with van der Waals surface area (Å²) in [5.41, 5.74) is 9.18. The molecular weight excluding hydrogens is 250 g/mol. The summed E-state index contributed by atoms with van der Waals surface area (Å²) in [4.78, 5) is 4.68. The number of ether oxygens (including phenoxy) is 1. The maximum atomic E-state index is 5.78. The van der Waals surface area contributed by atoms with E-state index in [-0.39, 0.29) is 0 Å². The van der Waals surface area contributed by atoms with Gasteiger partial charge in [-0.1, -0.05) is 6.07 Å². The molecule has 1 aliphatic rings. The normalized spacial score (nSPS) is 14.1. The predicted molar refractivity (Wildman–Crippen MR) is 80.0 cm³/mol. The fraction of sp³-hybridized carbons (Fsp3) is 0.438. The van der Waals surface area contributed by atoms with E-state index >= 15 is 0 Å². The van der Waals surface area contributed by atoms with Crippen LogP contribution in [0.1, 0.15) is 30.1 Å². The van der Waals surface area contributed by atoms with Gasteiger partial charge >= 0.3 is 0 Å². The van der Waals surface area contributed by atoms with E-state index in [1.54, 1.807) is 0 Å². The summed E-state index contributed by atoms with van der Waals surface area (Å²) in [6.45, 7) is 3.58. The molecule has 1 aromatic heterocycles. The van der Waals surface area contributed by atoms with Gasteiger partial charge in [-0.05, 0) is 44.7 Å². The summed E-state index contributed by atoms with van der Waals surface area (Å²) in [6.07, 6.45) is 4.81. The van der Waals surface area contributed by atoms with Crippen molar-refractivity contribution in [2.24, 2.45) is 0 Å². The van der Waals surface area contributed by atoms with Crippen LogP contribution in [0.15, 0.2) is 24.3 Å². The molecule has 3 rings (SSSR count). The molecule has 0 saturated heterocycles. The number of anilines is 1. The molecule has 1 heterocycles. The van der Waals surface area contributed by atoms with Crippen molar-refractivity contribution in [3.05, 3.63) is 41.5 Å². The Kier molecular flexibility index (Phi) is 3.63. The van der Waals surface area contributed by atoms with Gasteiger partial charge in [-0.2, -0.15) is 0 Å².